The van der Waals surface area contributed by atoms with E-state index in [1.165, 1.54) is 0 Å². The van der Waals surface area contributed by atoms with Crippen molar-refractivity contribution >= 4 is 23.7 Å². The monoisotopic (exact) mass is 248 g/mol. The fraction of sp³-hybridized carbons (Fsp3) is 0.308. The maximum absolute atomic E-state index is 5.21. The molecule has 1 aromatic carbocycles. The van der Waals surface area contributed by atoms with Crippen molar-refractivity contribution < 1.29 is 4.74 Å². The molecule has 90 valence electrons. The molecule has 0 amide bonds. The summed E-state index contributed by atoms with van der Waals surface area (Å²) >= 11 is 4.26. The summed E-state index contributed by atoms with van der Waals surface area (Å²) in [6.07, 6.45) is 2.74. The average molecular weight is 248 g/mol. The number of ether oxygens (including phenoxy) is 1. The van der Waals surface area contributed by atoms with Crippen LogP contribution in [0.4, 0.5) is 0 Å². The summed E-state index contributed by atoms with van der Waals surface area (Å²) in [7, 11) is 1.66. The normalized spacial score (nSPS) is 10.7. The van der Waals surface area contributed by atoms with E-state index in [1.54, 1.807) is 7.11 Å². The Morgan fingerprint density at radius 1 is 1.53 bits per heavy atom. The van der Waals surface area contributed by atoms with E-state index >= 15 is 0 Å². The SMILES string of the molecule is C=CCn1c(CCS)nc2cc(OC)ccc21. The highest BCUT2D eigenvalue weighted by Crippen LogP contribution is 2.22. The predicted molar refractivity (Wildman–Crippen MR) is 74.0 cm³/mol. The van der Waals surface area contributed by atoms with Crippen LogP contribution in [0.2, 0.25) is 0 Å². The zero-order valence-corrected chi connectivity index (χ0v) is 10.8. The zero-order valence-electron chi connectivity index (χ0n) is 9.89. The average Bonchev–Trinajstić information content (AvgIpc) is 2.68. The number of fused-ring (bicyclic) bond motifs is 1. The van der Waals surface area contributed by atoms with Gasteiger partial charge in [-0.1, -0.05) is 6.08 Å². The van der Waals surface area contributed by atoms with Crippen molar-refractivity contribution in [2.45, 2.75) is 13.0 Å². The summed E-state index contributed by atoms with van der Waals surface area (Å²) < 4.78 is 7.37. The summed E-state index contributed by atoms with van der Waals surface area (Å²) in [5.74, 6) is 2.67. The second-order valence-electron chi connectivity index (χ2n) is 3.76. The van der Waals surface area contributed by atoms with Crippen LogP contribution in [-0.2, 0) is 13.0 Å². The number of aromatic nitrogens is 2. The largest absolute Gasteiger partial charge is 0.497 e. The number of hydrogen-bond donors (Lipinski definition) is 1. The van der Waals surface area contributed by atoms with Gasteiger partial charge in [-0.05, 0) is 17.9 Å². The second-order valence-corrected chi connectivity index (χ2v) is 4.20. The maximum atomic E-state index is 5.21. The standard InChI is InChI=1S/C13H16N2OS/c1-3-7-15-12-5-4-10(16-2)9-11(12)14-13(15)6-8-17/h3-5,9,17H,1,6-8H2,2H3. The van der Waals surface area contributed by atoms with Crippen LogP contribution in [0.3, 0.4) is 0 Å². The summed E-state index contributed by atoms with van der Waals surface area (Å²) in [5, 5.41) is 0. The van der Waals surface area contributed by atoms with E-state index in [0.29, 0.717) is 0 Å². The molecule has 1 heterocycles. The van der Waals surface area contributed by atoms with Crippen molar-refractivity contribution in [3.05, 3.63) is 36.7 Å². The highest BCUT2D eigenvalue weighted by atomic mass is 32.1. The quantitative estimate of drug-likeness (QED) is 0.650. The van der Waals surface area contributed by atoms with Crippen molar-refractivity contribution in [2.24, 2.45) is 0 Å². The number of hydrogen-bond acceptors (Lipinski definition) is 3. The topological polar surface area (TPSA) is 27.1 Å². The second kappa shape index (κ2) is 5.27. The van der Waals surface area contributed by atoms with Crippen LogP contribution >= 0.6 is 12.6 Å². The molecule has 0 radical (unpaired) electrons. The number of aryl methyl sites for hydroxylation is 1. The number of benzene rings is 1. The lowest BCUT2D eigenvalue weighted by Gasteiger charge is -2.05. The van der Waals surface area contributed by atoms with Crippen molar-refractivity contribution in [1.29, 1.82) is 0 Å². The molecule has 1 aromatic heterocycles. The predicted octanol–water partition coefficient (Wildman–Crippen LogP) is 2.70. The fourth-order valence-corrected chi connectivity index (χ4v) is 2.11. The maximum Gasteiger partial charge on any atom is 0.121 e. The van der Waals surface area contributed by atoms with Gasteiger partial charge in [0.2, 0.25) is 0 Å². The van der Waals surface area contributed by atoms with E-state index in [9.17, 15) is 0 Å². The van der Waals surface area contributed by atoms with Gasteiger partial charge in [-0.25, -0.2) is 4.98 Å². The van der Waals surface area contributed by atoms with Crippen LogP contribution in [0, 0.1) is 0 Å². The minimum Gasteiger partial charge on any atom is -0.497 e. The molecule has 17 heavy (non-hydrogen) atoms. The highest BCUT2D eigenvalue weighted by molar-refractivity contribution is 7.80. The van der Waals surface area contributed by atoms with Gasteiger partial charge in [0.05, 0.1) is 18.1 Å². The van der Waals surface area contributed by atoms with Crippen molar-refractivity contribution in [2.75, 3.05) is 12.9 Å². The molecule has 0 N–H and O–H groups in total. The van der Waals surface area contributed by atoms with Crippen LogP contribution < -0.4 is 4.74 Å². The Balaban J connectivity index is 2.56. The Kier molecular flexibility index (Phi) is 3.74. The van der Waals surface area contributed by atoms with Gasteiger partial charge in [0.25, 0.3) is 0 Å². The first-order chi connectivity index (χ1) is 8.30. The van der Waals surface area contributed by atoms with Crippen molar-refractivity contribution in [3.8, 4) is 5.75 Å². The van der Waals surface area contributed by atoms with Gasteiger partial charge in [0.15, 0.2) is 0 Å². The van der Waals surface area contributed by atoms with E-state index in [4.69, 9.17) is 4.74 Å². The smallest absolute Gasteiger partial charge is 0.121 e. The molecule has 0 spiro atoms. The first-order valence-electron chi connectivity index (χ1n) is 5.55. The van der Waals surface area contributed by atoms with Crippen LogP contribution in [-0.4, -0.2) is 22.4 Å². The van der Waals surface area contributed by atoms with Gasteiger partial charge in [0, 0.05) is 19.0 Å². The van der Waals surface area contributed by atoms with E-state index in [-0.39, 0.29) is 0 Å². The van der Waals surface area contributed by atoms with Gasteiger partial charge in [-0.3, -0.25) is 0 Å². The van der Waals surface area contributed by atoms with E-state index in [2.05, 4.69) is 28.8 Å². The Morgan fingerprint density at radius 2 is 2.35 bits per heavy atom. The Morgan fingerprint density at radius 3 is 3.00 bits per heavy atom. The lowest BCUT2D eigenvalue weighted by atomic mass is 10.3. The molecule has 0 aliphatic carbocycles. The molecular weight excluding hydrogens is 232 g/mol. The van der Waals surface area contributed by atoms with E-state index in [0.717, 1.165) is 41.3 Å². The molecule has 0 unspecified atom stereocenters. The van der Waals surface area contributed by atoms with Gasteiger partial charge >= 0.3 is 0 Å². The van der Waals surface area contributed by atoms with Crippen LogP contribution in [0.25, 0.3) is 11.0 Å². The number of methoxy groups -OCH3 is 1. The number of nitrogens with zero attached hydrogens (tertiary/aromatic N) is 2. The van der Waals surface area contributed by atoms with Gasteiger partial charge < -0.3 is 9.30 Å². The van der Waals surface area contributed by atoms with Crippen molar-refractivity contribution in [3.63, 3.8) is 0 Å². The van der Waals surface area contributed by atoms with E-state index in [1.807, 2.05) is 24.3 Å². The minimum atomic E-state index is 0.770. The molecule has 0 saturated heterocycles. The first-order valence-corrected chi connectivity index (χ1v) is 6.18. The summed E-state index contributed by atoms with van der Waals surface area (Å²) in [6, 6.07) is 5.94. The zero-order chi connectivity index (χ0) is 12.3. The molecule has 2 rings (SSSR count). The Labute approximate surface area is 107 Å². The van der Waals surface area contributed by atoms with E-state index < -0.39 is 0 Å². The lowest BCUT2D eigenvalue weighted by Crippen LogP contribution is -2.02. The molecule has 4 heteroatoms. The summed E-state index contributed by atoms with van der Waals surface area (Å²) in [4.78, 5) is 4.62. The molecule has 0 fully saturated rings. The molecule has 0 saturated carbocycles. The van der Waals surface area contributed by atoms with Crippen LogP contribution in [0.5, 0.6) is 5.75 Å². The number of thiol groups is 1. The van der Waals surface area contributed by atoms with Gasteiger partial charge in [-0.15, -0.1) is 6.58 Å². The van der Waals surface area contributed by atoms with Gasteiger partial charge in [-0.2, -0.15) is 12.6 Å². The minimum absolute atomic E-state index is 0.770. The molecule has 0 bridgehead atoms. The molecule has 0 aliphatic rings. The summed E-state index contributed by atoms with van der Waals surface area (Å²) in [5.41, 5.74) is 2.07. The molecular formula is C13H16N2OS. The number of imidazole rings is 1. The first kappa shape index (κ1) is 12.0. The third-order valence-electron chi connectivity index (χ3n) is 2.68. The Bertz CT molecular complexity index is 533. The molecule has 0 aliphatic heterocycles. The molecule has 2 aromatic rings. The van der Waals surface area contributed by atoms with Crippen molar-refractivity contribution in [1.82, 2.24) is 9.55 Å². The van der Waals surface area contributed by atoms with Gasteiger partial charge in [0.1, 0.15) is 11.6 Å². The lowest BCUT2D eigenvalue weighted by molar-refractivity contribution is 0.415. The third-order valence-corrected chi connectivity index (χ3v) is 2.91. The number of rotatable bonds is 5. The van der Waals surface area contributed by atoms with Crippen LogP contribution in [0.15, 0.2) is 30.9 Å². The fourth-order valence-electron chi connectivity index (χ4n) is 1.91. The highest BCUT2D eigenvalue weighted by Gasteiger charge is 2.09. The Hall–Kier alpha value is -1.42. The summed E-state index contributed by atoms with van der Waals surface area (Å²) in [6.45, 7) is 4.55. The number of allylic oxidation sites excluding steroid dienone is 1. The molecule has 0 atom stereocenters. The molecule has 3 nitrogen and oxygen atoms in total. The third kappa shape index (κ3) is 2.31. The van der Waals surface area contributed by atoms with Crippen LogP contribution in [0.1, 0.15) is 5.82 Å².